The number of nitrogens with zero attached hydrogens (tertiary/aromatic N) is 4. The van der Waals surface area contributed by atoms with Crippen LogP contribution in [-0.4, -0.2) is 81.1 Å². The van der Waals surface area contributed by atoms with E-state index in [2.05, 4.69) is 15.7 Å². The van der Waals surface area contributed by atoms with Crippen molar-refractivity contribution in [1.82, 2.24) is 19.6 Å². The van der Waals surface area contributed by atoms with Crippen molar-refractivity contribution in [1.29, 1.82) is 0 Å². The number of anilines is 2. The molecule has 0 aliphatic carbocycles. The van der Waals surface area contributed by atoms with Crippen molar-refractivity contribution in [3.8, 4) is 11.1 Å². The number of alkyl halides is 3. The Morgan fingerprint density at radius 2 is 1.78 bits per heavy atom. The van der Waals surface area contributed by atoms with Crippen LogP contribution in [0.25, 0.3) is 22.0 Å². The zero-order valence-electron chi connectivity index (χ0n) is 25.8. The van der Waals surface area contributed by atoms with Gasteiger partial charge in [0.25, 0.3) is 11.8 Å². The molecular weight excluding hydrogens is 670 g/mol. The first kappa shape index (κ1) is 33.7. The smallest absolute Gasteiger partial charge is 0.322 e. The molecule has 4 N–H and O–H groups in total. The number of primary amides is 1. The molecule has 0 spiro atoms. The van der Waals surface area contributed by atoms with Crippen LogP contribution in [0.1, 0.15) is 29.8 Å². The second kappa shape index (κ2) is 13.4. The second-order valence-corrected chi connectivity index (χ2v) is 12.4. The Morgan fingerprint density at radius 3 is 2.51 bits per heavy atom. The molecule has 4 aromatic rings. The van der Waals surface area contributed by atoms with Crippen LogP contribution in [0.4, 0.5) is 33.7 Å². The van der Waals surface area contributed by atoms with E-state index in [0.29, 0.717) is 10.6 Å². The van der Waals surface area contributed by atoms with Crippen LogP contribution < -0.4 is 16.4 Å². The summed E-state index contributed by atoms with van der Waals surface area (Å²) in [6.45, 7) is -1.51. The fourth-order valence-electron chi connectivity index (χ4n) is 6.16. The number of halogens is 5. The summed E-state index contributed by atoms with van der Waals surface area (Å²) in [7, 11) is 0. The quantitative estimate of drug-likeness (QED) is 0.221. The number of benzene rings is 3. The van der Waals surface area contributed by atoms with Gasteiger partial charge in [0.2, 0.25) is 11.8 Å². The monoisotopic (exact) mass is 699 g/mol. The molecule has 2 saturated heterocycles. The zero-order chi connectivity index (χ0) is 35.0. The summed E-state index contributed by atoms with van der Waals surface area (Å²) in [4.78, 5) is 53.8. The van der Waals surface area contributed by atoms with Gasteiger partial charge in [-0.3, -0.25) is 19.1 Å². The highest BCUT2D eigenvalue weighted by molar-refractivity contribution is 6.33. The van der Waals surface area contributed by atoms with Crippen molar-refractivity contribution in [2.24, 2.45) is 5.73 Å². The number of carbonyl (C=O) groups excluding carboxylic acids is 4. The summed E-state index contributed by atoms with van der Waals surface area (Å²) in [5.74, 6) is -6.23. The topological polar surface area (TPSA) is 143 Å². The summed E-state index contributed by atoms with van der Waals surface area (Å²) in [5.41, 5.74) is 6.07. The third-order valence-corrected chi connectivity index (χ3v) is 8.82. The van der Waals surface area contributed by atoms with E-state index in [9.17, 15) is 32.3 Å². The number of piperidine rings is 1. The van der Waals surface area contributed by atoms with Crippen molar-refractivity contribution >= 4 is 57.6 Å². The SMILES string of the molecule is NC(=O)c1nn(CC(=O)N2C[C@H](F)C[C@H]2C(=O)Nc2cccc(-c3ccccc3Cl)c2F)c2ccc(NC(=O)N3CCCC(F)(F)C3)cc12. The molecule has 256 valence electrons. The van der Waals surface area contributed by atoms with Gasteiger partial charge >= 0.3 is 6.03 Å². The Bertz CT molecular complexity index is 1970. The van der Waals surface area contributed by atoms with Gasteiger partial charge in [-0.15, -0.1) is 0 Å². The molecule has 5 amide bonds. The molecule has 6 rings (SSSR count). The fraction of sp³-hybridized carbons (Fsp3) is 0.303. The molecule has 49 heavy (non-hydrogen) atoms. The van der Waals surface area contributed by atoms with Crippen LogP contribution in [0.3, 0.4) is 0 Å². The first-order valence-electron chi connectivity index (χ1n) is 15.3. The van der Waals surface area contributed by atoms with E-state index in [1.54, 1.807) is 24.3 Å². The van der Waals surface area contributed by atoms with Gasteiger partial charge in [0.15, 0.2) is 11.5 Å². The van der Waals surface area contributed by atoms with E-state index in [1.165, 1.54) is 36.4 Å². The Kier molecular flexibility index (Phi) is 9.20. The van der Waals surface area contributed by atoms with E-state index >= 15 is 4.39 Å². The van der Waals surface area contributed by atoms with Gasteiger partial charge in [0.1, 0.15) is 18.8 Å². The van der Waals surface area contributed by atoms with E-state index in [0.717, 1.165) is 14.5 Å². The standard InChI is InChI=1S/C33H30ClF4N7O4/c34-23-7-2-1-5-20(23)21-6-3-8-24(28(21)36)41-31(48)26-13-18(35)15-44(26)27(46)16-45-25-10-9-19(14-22(25)29(42-45)30(39)47)40-32(49)43-12-4-11-33(37,38)17-43/h1-3,5-10,14,18,26H,4,11-13,15-17H2,(H2,39,47)(H,40,49)(H,41,48)/t18-,26+/m1/s1. The van der Waals surface area contributed by atoms with E-state index < -0.39 is 67.3 Å². The average Bonchev–Trinajstić information content (AvgIpc) is 3.62. The number of carbonyl (C=O) groups is 4. The zero-order valence-corrected chi connectivity index (χ0v) is 26.5. The third kappa shape index (κ3) is 7.02. The van der Waals surface area contributed by atoms with Crippen LogP contribution in [0.5, 0.6) is 0 Å². The minimum atomic E-state index is -3.00. The van der Waals surface area contributed by atoms with Gasteiger partial charge < -0.3 is 26.2 Å². The maximum Gasteiger partial charge on any atom is 0.322 e. The number of nitrogens with one attached hydrogen (secondary N) is 2. The minimum Gasteiger partial charge on any atom is -0.364 e. The normalized spacial score (nSPS) is 18.8. The lowest BCUT2D eigenvalue weighted by atomic mass is 10.0. The van der Waals surface area contributed by atoms with Crippen molar-refractivity contribution in [2.45, 2.75) is 43.9 Å². The summed E-state index contributed by atoms with van der Waals surface area (Å²) < 4.78 is 59.0. The maximum atomic E-state index is 15.5. The van der Waals surface area contributed by atoms with Crippen LogP contribution in [0.2, 0.25) is 5.02 Å². The number of hydrogen-bond donors (Lipinski definition) is 3. The number of nitrogens with two attached hydrogens (primary N) is 1. The molecule has 0 unspecified atom stereocenters. The predicted molar refractivity (Wildman–Crippen MR) is 174 cm³/mol. The highest BCUT2D eigenvalue weighted by Crippen LogP contribution is 2.33. The van der Waals surface area contributed by atoms with Gasteiger partial charge in [-0.2, -0.15) is 5.10 Å². The van der Waals surface area contributed by atoms with Crippen molar-refractivity contribution in [2.75, 3.05) is 30.3 Å². The lowest BCUT2D eigenvalue weighted by Crippen LogP contribution is -2.47. The summed E-state index contributed by atoms with van der Waals surface area (Å²) in [6, 6.07) is 13.2. The number of hydrogen-bond acceptors (Lipinski definition) is 5. The van der Waals surface area contributed by atoms with E-state index in [1.807, 2.05) is 0 Å². The molecule has 0 radical (unpaired) electrons. The van der Waals surface area contributed by atoms with Crippen molar-refractivity contribution in [3.05, 3.63) is 77.2 Å². The van der Waals surface area contributed by atoms with Crippen LogP contribution in [-0.2, 0) is 16.1 Å². The Balaban J connectivity index is 1.19. The first-order chi connectivity index (χ1) is 23.3. The van der Waals surface area contributed by atoms with Gasteiger partial charge in [-0.25, -0.2) is 22.4 Å². The molecule has 2 atom stereocenters. The molecule has 2 aliphatic rings. The number of amides is 5. The lowest BCUT2D eigenvalue weighted by Gasteiger charge is -2.32. The van der Waals surface area contributed by atoms with Crippen LogP contribution >= 0.6 is 11.6 Å². The van der Waals surface area contributed by atoms with E-state index in [4.69, 9.17) is 17.3 Å². The largest absolute Gasteiger partial charge is 0.364 e. The van der Waals surface area contributed by atoms with Gasteiger partial charge in [0.05, 0.1) is 24.3 Å². The summed E-state index contributed by atoms with van der Waals surface area (Å²) in [5, 5.41) is 9.63. The highest BCUT2D eigenvalue weighted by atomic mass is 35.5. The first-order valence-corrected chi connectivity index (χ1v) is 15.7. The molecule has 0 saturated carbocycles. The van der Waals surface area contributed by atoms with Gasteiger partial charge in [-0.1, -0.05) is 41.9 Å². The summed E-state index contributed by atoms with van der Waals surface area (Å²) in [6.07, 6.45) is -2.04. The maximum absolute atomic E-state index is 15.5. The molecule has 16 heteroatoms. The molecule has 11 nitrogen and oxygen atoms in total. The highest BCUT2D eigenvalue weighted by Gasteiger charge is 2.41. The minimum absolute atomic E-state index is 0.137. The number of likely N-dealkylation sites (tertiary alicyclic amines) is 2. The average molecular weight is 700 g/mol. The molecule has 1 aromatic heterocycles. The molecule has 3 aromatic carbocycles. The van der Waals surface area contributed by atoms with Crippen molar-refractivity contribution < 1.29 is 36.7 Å². The van der Waals surface area contributed by atoms with Crippen LogP contribution in [0, 0.1) is 5.82 Å². The van der Waals surface area contributed by atoms with Gasteiger partial charge in [-0.05, 0) is 36.8 Å². The van der Waals surface area contributed by atoms with Gasteiger partial charge in [0, 0.05) is 46.6 Å². The van der Waals surface area contributed by atoms with Crippen LogP contribution in [0.15, 0.2) is 60.7 Å². The van der Waals surface area contributed by atoms with Crippen molar-refractivity contribution in [3.63, 3.8) is 0 Å². The molecule has 2 aliphatic heterocycles. The molecular formula is C33H30ClF4N7O4. The summed E-state index contributed by atoms with van der Waals surface area (Å²) >= 11 is 6.24. The number of aromatic nitrogens is 2. The number of urea groups is 1. The number of fused-ring (bicyclic) bond motifs is 1. The Labute approximate surface area is 282 Å². The Hall–Kier alpha value is -5.18. The molecule has 0 bridgehead atoms. The van der Waals surface area contributed by atoms with E-state index in [-0.39, 0.29) is 59.3 Å². The lowest BCUT2D eigenvalue weighted by molar-refractivity contribution is -0.137. The predicted octanol–water partition coefficient (Wildman–Crippen LogP) is 5.44. The number of rotatable bonds is 7. The molecule has 2 fully saturated rings. The molecule has 3 heterocycles. The Morgan fingerprint density at radius 1 is 1.02 bits per heavy atom. The fourth-order valence-corrected chi connectivity index (χ4v) is 6.40. The second-order valence-electron chi connectivity index (χ2n) is 11.9. The third-order valence-electron chi connectivity index (χ3n) is 8.49.